The third-order valence-corrected chi connectivity index (χ3v) is 4.88. The molecule has 3 atom stereocenters. The molecular formula is C17H35N. The van der Waals surface area contributed by atoms with Gasteiger partial charge >= 0.3 is 0 Å². The minimum Gasteiger partial charge on any atom is -0.316 e. The molecule has 18 heavy (non-hydrogen) atoms. The van der Waals surface area contributed by atoms with Gasteiger partial charge in [-0.1, -0.05) is 47.0 Å². The lowest BCUT2D eigenvalue weighted by Gasteiger charge is -2.38. The average molecular weight is 253 g/mol. The molecule has 1 rings (SSSR count). The van der Waals surface area contributed by atoms with Gasteiger partial charge in [0.15, 0.2) is 0 Å². The van der Waals surface area contributed by atoms with Crippen LogP contribution in [0.3, 0.4) is 0 Å². The van der Waals surface area contributed by atoms with E-state index in [1.54, 1.807) is 0 Å². The number of nitrogens with one attached hydrogen (secondary N) is 1. The molecule has 0 amide bonds. The molecule has 1 nitrogen and oxygen atoms in total. The van der Waals surface area contributed by atoms with Gasteiger partial charge in [-0.15, -0.1) is 0 Å². The summed E-state index contributed by atoms with van der Waals surface area (Å²) in [6.45, 7) is 11.9. The van der Waals surface area contributed by atoms with E-state index in [0.29, 0.717) is 0 Å². The molecule has 0 bridgehead atoms. The SMILES string of the molecule is CCCCC1CC(C(C)C)CCC1CNCCC. The molecule has 0 aromatic heterocycles. The Balaban J connectivity index is 2.43. The van der Waals surface area contributed by atoms with Gasteiger partial charge in [0, 0.05) is 0 Å². The van der Waals surface area contributed by atoms with Crippen LogP contribution in [0.15, 0.2) is 0 Å². The molecule has 0 aromatic rings. The quantitative estimate of drug-likeness (QED) is 0.609. The van der Waals surface area contributed by atoms with Gasteiger partial charge < -0.3 is 5.32 Å². The van der Waals surface area contributed by atoms with Crippen LogP contribution in [0.1, 0.15) is 72.6 Å². The molecule has 1 heteroatoms. The minimum atomic E-state index is 0.888. The third-order valence-electron chi connectivity index (χ3n) is 4.88. The summed E-state index contributed by atoms with van der Waals surface area (Å²) < 4.78 is 0. The van der Waals surface area contributed by atoms with Crippen molar-refractivity contribution < 1.29 is 0 Å². The number of hydrogen-bond donors (Lipinski definition) is 1. The maximum atomic E-state index is 3.66. The maximum Gasteiger partial charge on any atom is -0.00179 e. The van der Waals surface area contributed by atoms with Crippen molar-refractivity contribution in [1.82, 2.24) is 5.32 Å². The first-order valence-electron chi connectivity index (χ1n) is 8.39. The minimum absolute atomic E-state index is 0.888. The van der Waals surface area contributed by atoms with E-state index in [1.165, 1.54) is 58.0 Å². The monoisotopic (exact) mass is 253 g/mol. The molecule has 3 unspecified atom stereocenters. The van der Waals surface area contributed by atoms with Gasteiger partial charge in [-0.2, -0.15) is 0 Å². The summed E-state index contributed by atoms with van der Waals surface area (Å²) in [5.41, 5.74) is 0. The van der Waals surface area contributed by atoms with Crippen molar-refractivity contribution in [3.63, 3.8) is 0 Å². The van der Waals surface area contributed by atoms with Crippen LogP contribution in [0.4, 0.5) is 0 Å². The molecule has 1 saturated carbocycles. The molecule has 0 aliphatic heterocycles. The highest BCUT2D eigenvalue weighted by Crippen LogP contribution is 2.39. The highest BCUT2D eigenvalue weighted by atomic mass is 14.9. The van der Waals surface area contributed by atoms with E-state index in [1.807, 2.05) is 0 Å². The zero-order valence-electron chi connectivity index (χ0n) is 13.2. The standard InChI is InChI=1S/C17H35N/c1-5-7-8-16-12-15(14(3)4)9-10-17(16)13-18-11-6-2/h14-18H,5-13H2,1-4H3. The Labute approximate surface area is 115 Å². The second-order valence-electron chi connectivity index (χ2n) is 6.68. The van der Waals surface area contributed by atoms with Crippen LogP contribution in [0.5, 0.6) is 0 Å². The molecule has 0 spiro atoms. The lowest BCUT2D eigenvalue weighted by molar-refractivity contribution is 0.136. The second-order valence-corrected chi connectivity index (χ2v) is 6.68. The van der Waals surface area contributed by atoms with Gasteiger partial charge in [0.1, 0.15) is 0 Å². The zero-order valence-corrected chi connectivity index (χ0v) is 13.2. The Morgan fingerprint density at radius 1 is 1.06 bits per heavy atom. The van der Waals surface area contributed by atoms with E-state index in [2.05, 4.69) is 33.0 Å². The van der Waals surface area contributed by atoms with Crippen molar-refractivity contribution in [1.29, 1.82) is 0 Å². The highest BCUT2D eigenvalue weighted by molar-refractivity contribution is 4.82. The molecule has 0 radical (unpaired) electrons. The van der Waals surface area contributed by atoms with Crippen molar-refractivity contribution >= 4 is 0 Å². The molecule has 1 fully saturated rings. The van der Waals surface area contributed by atoms with Gasteiger partial charge in [0.25, 0.3) is 0 Å². The fraction of sp³-hybridized carbons (Fsp3) is 1.00. The second kappa shape index (κ2) is 8.96. The van der Waals surface area contributed by atoms with Crippen LogP contribution >= 0.6 is 0 Å². The van der Waals surface area contributed by atoms with Gasteiger partial charge in [0.2, 0.25) is 0 Å². The van der Waals surface area contributed by atoms with Crippen LogP contribution in [0.2, 0.25) is 0 Å². The summed E-state index contributed by atoms with van der Waals surface area (Å²) in [5, 5.41) is 3.66. The fourth-order valence-corrected chi connectivity index (χ4v) is 3.52. The molecule has 1 aliphatic rings. The third kappa shape index (κ3) is 5.30. The van der Waals surface area contributed by atoms with E-state index >= 15 is 0 Å². The number of unbranched alkanes of at least 4 members (excludes halogenated alkanes) is 1. The van der Waals surface area contributed by atoms with E-state index in [0.717, 1.165) is 23.7 Å². The van der Waals surface area contributed by atoms with Gasteiger partial charge in [-0.3, -0.25) is 0 Å². The zero-order chi connectivity index (χ0) is 13.4. The normalized spacial score (nSPS) is 28.8. The first-order valence-corrected chi connectivity index (χ1v) is 8.39. The number of hydrogen-bond acceptors (Lipinski definition) is 1. The summed E-state index contributed by atoms with van der Waals surface area (Å²) in [6.07, 6.45) is 9.96. The van der Waals surface area contributed by atoms with Crippen LogP contribution in [0, 0.1) is 23.7 Å². The van der Waals surface area contributed by atoms with Gasteiger partial charge in [-0.05, 0) is 62.4 Å². The van der Waals surface area contributed by atoms with E-state index < -0.39 is 0 Å². The Kier molecular flexibility index (Phi) is 7.97. The summed E-state index contributed by atoms with van der Waals surface area (Å²) in [4.78, 5) is 0. The van der Waals surface area contributed by atoms with Crippen LogP contribution < -0.4 is 5.32 Å². The lowest BCUT2D eigenvalue weighted by atomic mass is 9.69. The molecule has 0 aromatic carbocycles. The predicted octanol–water partition coefficient (Wildman–Crippen LogP) is 4.86. The Morgan fingerprint density at radius 3 is 2.44 bits per heavy atom. The van der Waals surface area contributed by atoms with E-state index in [-0.39, 0.29) is 0 Å². The van der Waals surface area contributed by atoms with Crippen molar-refractivity contribution in [3.05, 3.63) is 0 Å². The van der Waals surface area contributed by atoms with Crippen molar-refractivity contribution in [2.45, 2.75) is 72.6 Å². The summed E-state index contributed by atoms with van der Waals surface area (Å²) in [5.74, 6) is 3.83. The Hall–Kier alpha value is -0.0400. The Morgan fingerprint density at radius 2 is 1.83 bits per heavy atom. The maximum absolute atomic E-state index is 3.66. The molecule has 0 saturated heterocycles. The average Bonchev–Trinajstić information content (AvgIpc) is 2.37. The molecular weight excluding hydrogens is 218 g/mol. The Bertz CT molecular complexity index is 200. The van der Waals surface area contributed by atoms with Crippen LogP contribution in [0.25, 0.3) is 0 Å². The fourth-order valence-electron chi connectivity index (χ4n) is 3.52. The van der Waals surface area contributed by atoms with Crippen molar-refractivity contribution in [2.24, 2.45) is 23.7 Å². The van der Waals surface area contributed by atoms with Crippen LogP contribution in [-0.2, 0) is 0 Å². The van der Waals surface area contributed by atoms with Gasteiger partial charge in [-0.25, -0.2) is 0 Å². The first kappa shape index (κ1) is 16.0. The predicted molar refractivity (Wildman–Crippen MR) is 81.8 cm³/mol. The topological polar surface area (TPSA) is 12.0 Å². The number of rotatable bonds is 8. The molecule has 0 heterocycles. The smallest absolute Gasteiger partial charge is 0.00179 e. The first-order chi connectivity index (χ1) is 8.69. The van der Waals surface area contributed by atoms with Crippen molar-refractivity contribution in [2.75, 3.05) is 13.1 Å². The van der Waals surface area contributed by atoms with E-state index in [9.17, 15) is 0 Å². The largest absolute Gasteiger partial charge is 0.316 e. The summed E-state index contributed by atoms with van der Waals surface area (Å²) in [7, 11) is 0. The van der Waals surface area contributed by atoms with E-state index in [4.69, 9.17) is 0 Å². The summed E-state index contributed by atoms with van der Waals surface area (Å²) in [6, 6.07) is 0. The molecule has 108 valence electrons. The lowest BCUT2D eigenvalue weighted by Crippen LogP contribution is -2.34. The molecule has 1 aliphatic carbocycles. The molecule has 1 N–H and O–H groups in total. The van der Waals surface area contributed by atoms with Crippen molar-refractivity contribution in [3.8, 4) is 0 Å². The highest BCUT2D eigenvalue weighted by Gasteiger charge is 2.30. The van der Waals surface area contributed by atoms with Crippen LogP contribution in [-0.4, -0.2) is 13.1 Å². The summed E-state index contributed by atoms with van der Waals surface area (Å²) >= 11 is 0. The van der Waals surface area contributed by atoms with Gasteiger partial charge in [0.05, 0.1) is 0 Å².